The number of benzene rings is 1. The van der Waals surface area contributed by atoms with Gasteiger partial charge in [0, 0.05) is 17.5 Å². The number of methoxy groups -OCH3 is 1. The second-order valence-electron chi connectivity index (χ2n) is 4.72. The zero-order valence-corrected chi connectivity index (χ0v) is 10.9. The van der Waals surface area contributed by atoms with E-state index >= 15 is 0 Å². The second kappa shape index (κ2) is 3.99. The van der Waals surface area contributed by atoms with Gasteiger partial charge in [0.2, 0.25) is 0 Å². The van der Waals surface area contributed by atoms with E-state index in [1.54, 1.807) is 7.11 Å². The fourth-order valence-electron chi connectivity index (χ4n) is 2.42. The van der Waals surface area contributed by atoms with Crippen LogP contribution in [0.1, 0.15) is 11.1 Å². The molecule has 4 nitrogen and oxygen atoms in total. The minimum Gasteiger partial charge on any atom is -0.496 e. The Morgan fingerprint density at radius 1 is 1.41 bits per heavy atom. The number of rotatable bonds is 3. The summed E-state index contributed by atoms with van der Waals surface area (Å²) in [6, 6.07) is 5.78. The summed E-state index contributed by atoms with van der Waals surface area (Å²) in [5.41, 5.74) is 7.31. The van der Waals surface area contributed by atoms with Gasteiger partial charge in [0.15, 0.2) is 9.84 Å². The van der Waals surface area contributed by atoms with Crippen LogP contribution < -0.4 is 10.5 Å². The molecule has 17 heavy (non-hydrogen) atoms. The molecule has 0 saturated carbocycles. The molecule has 0 bridgehead atoms. The van der Waals surface area contributed by atoms with E-state index in [0.29, 0.717) is 6.54 Å². The third-order valence-electron chi connectivity index (χ3n) is 3.31. The molecule has 1 aliphatic rings. The maximum atomic E-state index is 11.4. The molecule has 1 fully saturated rings. The SMILES string of the molecule is COc1ccc(C)cc1C1(CN)CS(=O)(=O)C1. The molecule has 94 valence electrons. The van der Waals surface area contributed by atoms with Gasteiger partial charge in [-0.25, -0.2) is 8.42 Å². The Kier molecular flexibility index (Phi) is 2.91. The van der Waals surface area contributed by atoms with E-state index in [2.05, 4.69) is 0 Å². The number of nitrogens with two attached hydrogens (primary N) is 1. The van der Waals surface area contributed by atoms with Crippen LogP contribution in [0.5, 0.6) is 5.75 Å². The molecule has 0 atom stereocenters. The lowest BCUT2D eigenvalue weighted by molar-refractivity contribution is 0.386. The Balaban J connectivity index is 2.48. The van der Waals surface area contributed by atoms with Crippen LogP contribution in [-0.2, 0) is 15.3 Å². The van der Waals surface area contributed by atoms with Crippen molar-refractivity contribution in [3.05, 3.63) is 29.3 Å². The van der Waals surface area contributed by atoms with Gasteiger partial charge in [0.1, 0.15) is 5.75 Å². The Hall–Kier alpha value is -1.07. The third-order valence-corrected chi connectivity index (χ3v) is 5.29. The standard InChI is InChI=1S/C12H17NO3S/c1-9-3-4-11(16-2)10(5-9)12(6-13)7-17(14,15)8-12/h3-5H,6-8,13H2,1-2H3. The molecule has 0 spiro atoms. The molecular formula is C12H17NO3S. The predicted molar refractivity (Wildman–Crippen MR) is 67.1 cm³/mol. The molecule has 1 aliphatic heterocycles. The van der Waals surface area contributed by atoms with Crippen LogP contribution in [0, 0.1) is 6.92 Å². The van der Waals surface area contributed by atoms with Crippen molar-refractivity contribution >= 4 is 9.84 Å². The van der Waals surface area contributed by atoms with Crippen LogP contribution in [0.3, 0.4) is 0 Å². The molecule has 1 aromatic carbocycles. The van der Waals surface area contributed by atoms with Gasteiger partial charge in [-0.15, -0.1) is 0 Å². The van der Waals surface area contributed by atoms with Crippen LogP contribution >= 0.6 is 0 Å². The van der Waals surface area contributed by atoms with Crippen molar-refractivity contribution in [1.82, 2.24) is 0 Å². The van der Waals surface area contributed by atoms with E-state index in [-0.39, 0.29) is 11.5 Å². The Morgan fingerprint density at radius 2 is 2.06 bits per heavy atom. The fraction of sp³-hybridized carbons (Fsp3) is 0.500. The lowest BCUT2D eigenvalue weighted by Gasteiger charge is -2.41. The summed E-state index contributed by atoms with van der Waals surface area (Å²) < 4.78 is 28.1. The average Bonchev–Trinajstić information content (AvgIpc) is 2.25. The van der Waals surface area contributed by atoms with E-state index in [0.717, 1.165) is 16.9 Å². The number of sulfone groups is 1. The van der Waals surface area contributed by atoms with Gasteiger partial charge in [-0.2, -0.15) is 0 Å². The van der Waals surface area contributed by atoms with Crippen LogP contribution in [0.2, 0.25) is 0 Å². The zero-order chi connectivity index (χ0) is 12.7. The van der Waals surface area contributed by atoms with Gasteiger partial charge in [0.25, 0.3) is 0 Å². The maximum absolute atomic E-state index is 11.4. The molecule has 0 aromatic heterocycles. The number of hydrogen-bond acceptors (Lipinski definition) is 4. The lowest BCUT2D eigenvalue weighted by atomic mass is 9.82. The van der Waals surface area contributed by atoms with Crippen molar-refractivity contribution in [2.45, 2.75) is 12.3 Å². The number of ether oxygens (including phenoxy) is 1. The van der Waals surface area contributed by atoms with Crippen LogP contribution in [-0.4, -0.2) is 33.6 Å². The summed E-state index contributed by atoms with van der Waals surface area (Å²) in [5.74, 6) is 0.961. The highest BCUT2D eigenvalue weighted by Gasteiger charge is 2.50. The molecule has 1 heterocycles. The Labute approximate surface area is 102 Å². The van der Waals surface area contributed by atoms with Gasteiger partial charge in [0.05, 0.1) is 18.6 Å². The zero-order valence-electron chi connectivity index (χ0n) is 10.1. The molecule has 1 aromatic rings. The summed E-state index contributed by atoms with van der Waals surface area (Å²) in [7, 11) is -1.33. The first-order valence-corrected chi connectivity index (χ1v) is 7.30. The van der Waals surface area contributed by atoms with Crippen molar-refractivity contribution in [2.75, 3.05) is 25.2 Å². The number of hydrogen-bond donors (Lipinski definition) is 1. The highest BCUT2D eigenvalue weighted by atomic mass is 32.2. The molecule has 0 radical (unpaired) electrons. The average molecular weight is 255 g/mol. The van der Waals surface area contributed by atoms with Crippen molar-refractivity contribution in [1.29, 1.82) is 0 Å². The Morgan fingerprint density at radius 3 is 2.53 bits per heavy atom. The van der Waals surface area contributed by atoms with Crippen molar-refractivity contribution in [2.24, 2.45) is 5.73 Å². The minimum atomic E-state index is -2.92. The first-order valence-electron chi connectivity index (χ1n) is 5.48. The van der Waals surface area contributed by atoms with Crippen LogP contribution in [0.4, 0.5) is 0 Å². The largest absolute Gasteiger partial charge is 0.496 e. The van der Waals surface area contributed by atoms with Gasteiger partial charge in [-0.1, -0.05) is 17.7 Å². The molecular weight excluding hydrogens is 238 g/mol. The van der Waals surface area contributed by atoms with E-state index in [1.165, 1.54) is 0 Å². The molecule has 0 amide bonds. The third kappa shape index (κ3) is 2.05. The molecule has 2 N–H and O–H groups in total. The number of aryl methyl sites for hydroxylation is 1. The maximum Gasteiger partial charge on any atom is 0.152 e. The normalized spacial score (nSPS) is 20.6. The summed E-state index contributed by atoms with van der Waals surface area (Å²) >= 11 is 0. The Bertz CT molecular complexity index is 525. The highest BCUT2D eigenvalue weighted by Crippen LogP contribution is 2.40. The molecule has 2 rings (SSSR count). The van der Waals surface area contributed by atoms with E-state index in [1.807, 2.05) is 25.1 Å². The van der Waals surface area contributed by atoms with Gasteiger partial charge in [-0.05, 0) is 13.0 Å². The smallest absolute Gasteiger partial charge is 0.152 e. The van der Waals surface area contributed by atoms with Crippen molar-refractivity contribution in [3.63, 3.8) is 0 Å². The van der Waals surface area contributed by atoms with Crippen molar-refractivity contribution < 1.29 is 13.2 Å². The molecule has 5 heteroatoms. The van der Waals surface area contributed by atoms with Gasteiger partial charge < -0.3 is 10.5 Å². The lowest BCUT2D eigenvalue weighted by Crippen LogP contribution is -2.56. The van der Waals surface area contributed by atoms with E-state index in [4.69, 9.17) is 10.5 Å². The van der Waals surface area contributed by atoms with Crippen LogP contribution in [0.15, 0.2) is 18.2 Å². The minimum absolute atomic E-state index is 0.121. The summed E-state index contributed by atoms with van der Waals surface area (Å²) in [4.78, 5) is 0. The first-order chi connectivity index (χ1) is 7.92. The first kappa shape index (κ1) is 12.4. The fourth-order valence-corrected chi connectivity index (χ4v) is 4.57. The predicted octanol–water partition coefficient (Wildman–Crippen LogP) is 0.629. The molecule has 0 aliphatic carbocycles. The summed E-state index contributed by atoms with van der Waals surface area (Å²) in [6.07, 6.45) is 0. The van der Waals surface area contributed by atoms with Crippen molar-refractivity contribution in [3.8, 4) is 5.75 Å². The monoisotopic (exact) mass is 255 g/mol. The molecule has 1 saturated heterocycles. The quantitative estimate of drug-likeness (QED) is 0.860. The summed E-state index contributed by atoms with van der Waals surface area (Å²) in [6.45, 7) is 2.30. The summed E-state index contributed by atoms with van der Waals surface area (Å²) in [5, 5.41) is 0. The van der Waals surface area contributed by atoms with E-state index < -0.39 is 15.3 Å². The van der Waals surface area contributed by atoms with Crippen LogP contribution in [0.25, 0.3) is 0 Å². The highest BCUT2D eigenvalue weighted by molar-refractivity contribution is 7.93. The van der Waals surface area contributed by atoms with Gasteiger partial charge in [-0.3, -0.25) is 0 Å². The van der Waals surface area contributed by atoms with E-state index in [9.17, 15) is 8.42 Å². The molecule has 0 unspecified atom stereocenters. The van der Waals surface area contributed by atoms with Gasteiger partial charge >= 0.3 is 0 Å². The second-order valence-corrected chi connectivity index (χ2v) is 6.78. The topological polar surface area (TPSA) is 69.4 Å².